The van der Waals surface area contributed by atoms with Crippen LogP contribution in [0.5, 0.6) is 0 Å². The van der Waals surface area contributed by atoms with Crippen LogP contribution in [0, 0.1) is 12.7 Å². The summed E-state index contributed by atoms with van der Waals surface area (Å²) in [7, 11) is 0. The fourth-order valence-corrected chi connectivity index (χ4v) is 2.94. The van der Waals surface area contributed by atoms with Gasteiger partial charge >= 0.3 is 0 Å². The van der Waals surface area contributed by atoms with E-state index in [0.717, 1.165) is 5.56 Å². The van der Waals surface area contributed by atoms with Crippen molar-refractivity contribution in [2.75, 3.05) is 0 Å². The molecule has 6 heteroatoms. The minimum Gasteiger partial charge on any atom is -0.349 e. The Labute approximate surface area is 150 Å². The molecule has 0 aliphatic rings. The number of benzene rings is 2. The molecule has 0 saturated carbocycles. The number of nitrogens with one attached hydrogen (secondary N) is 1. The van der Waals surface area contributed by atoms with Crippen molar-refractivity contribution < 1.29 is 9.18 Å². The number of carbonyl (C=O) groups excluding carboxylic acids is 1. The van der Waals surface area contributed by atoms with E-state index in [-0.39, 0.29) is 30.2 Å². The van der Waals surface area contributed by atoms with E-state index in [9.17, 15) is 14.0 Å². The van der Waals surface area contributed by atoms with Gasteiger partial charge in [0.15, 0.2) is 0 Å². The van der Waals surface area contributed by atoms with Crippen LogP contribution in [0.3, 0.4) is 0 Å². The van der Waals surface area contributed by atoms with E-state index in [0.29, 0.717) is 16.5 Å². The van der Waals surface area contributed by atoms with Crippen LogP contribution in [0.4, 0.5) is 4.39 Å². The maximum atomic E-state index is 13.8. The van der Waals surface area contributed by atoms with Gasteiger partial charge in [-0.25, -0.2) is 9.37 Å². The number of aryl methyl sites for hydroxylation is 2. The predicted octanol–water partition coefficient (Wildman–Crippen LogP) is 3.11. The van der Waals surface area contributed by atoms with Gasteiger partial charge in [0.25, 0.3) is 5.56 Å². The summed E-state index contributed by atoms with van der Waals surface area (Å²) in [5.74, 6) is -0.609. The molecular formula is C20H20FN3O2. The van der Waals surface area contributed by atoms with Crippen LogP contribution >= 0.6 is 0 Å². The molecule has 26 heavy (non-hydrogen) atoms. The highest BCUT2D eigenvalue weighted by atomic mass is 19.1. The van der Waals surface area contributed by atoms with Crippen LogP contribution in [-0.4, -0.2) is 15.5 Å². The lowest BCUT2D eigenvalue weighted by atomic mass is 10.1. The van der Waals surface area contributed by atoms with E-state index < -0.39 is 6.04 Å². The average molecular weight is 353 g/mol. The van der Waals surface area contributed by atoms with Crippen molar-refractivity contribution in [2.45, 2.75) is 32.9 Å². The third kappa shape index (κ3) is 3.64. The highest BCUT2D eigenvalue weighted by Crippen LogP contribution is 2.16. The second-order valence-corrected chi connectivity index (χ2v) is 6.27. The van der Waals surface area contributed by atoms with Gasteiger partial charge < -0.3 is 5.32 Å². The molecule has 0 saturated heterocycles. The molecule has 3 rings (SSSR count). The molecule has 3 aromatic rings. The van der Waals surface area contributed by atoms with Gasteiger partial charge in [-0.2, -0.15) is 0 Å². The lowest BCUT2D eigenvalue weighted by Crippen LogP contribution is -2.30. The fourth-order valence-electron chi connectivity index (χ4n) is 2.94. The average Bonchev–Trinajstić information content (AvgIpc) is 2.62. The zero-order chi connectivity index (χ0) is 18.7. The first-order valence-corrected chi connectivity index (χ1v) is 8.46. The number of hydrogen-bond acceptors (Lipinski definition) is 3. The molecule has 1 unspecified atom stereocenters. The smallest absolute Gasteiger partial charge is 0.261 e. The summed E-state index contributed by atoms with van der Waals surface area (Å²) >= 11 is 0. The quantitative estimate of drug-likeness (QED) is 0.766. The molecule has 0 radical (unpaired) electrons. The Morgan fingerprint density at radius 3 is 2.77 bits per heavy atom. The molecule has 134 valence electrons. The van der Waals surface area contributed by atoms with Gasteiger partial charge in [-0.1, -0.05) is 30.3 Å². The number of aromatic nitrogens is 2. The molecule has 0 aliphatic carbocycles. The Kier molecular flexibility index (Phi) is 5.11. The lowest BCUT2D eigenvalue weighted by molar-refractivity contribution is -0.122. The van der Waals surface area contributed by atoms with E-state index in [1.807, 2.05) is 19.1 Å². The Hall–Kier alpha value is -3.02. The Balaban J connectivity index is 1.68. The van der Waals surface area contributed by atoms with Crippen molar-refractivity contribution in [1.29, 1.82) is 0 Å². The van der Waals surface area contributed by atoms with Gasteiger partial charge in [-0.15, -0.1) is 0 Å². The number of carbonyl (C=O) groups is 1. The van der Waals surface area contributed by atoms with E-state index >= 15 is 0 Å². The number of nitrogens with zero attached hydrogens (tertiary/aromatic N) is 2. The van der Waals surface area contributed by atoms with Gasteiger partial charge in [0.1, 0.15) is 5.82 Å². The summed E-state index contributed by atoms with van der Waals surface area (Å²) in [6, 6.07) is 11.3. The summed E-state index contributed by atoms with van der Waals surface area (Å²) in [5, 5.41) is 3.29. The van der Waals surface area contributed by atoms with E-state index in [4.69, 9.17) is 0 Å². The molecule has 5 nitrogen and oxygen atoms in total. The number of amides is 1. The molecule has 0 aliphatic heterocycles. The molecule has 0 bridgehead atoms. The van der Waals surface area contributed by atoms with Crippen LogP contribution in [0.1, 0.15) is 30.5 Å². The van der Waals surface area contributed by atoms with E-state index in [2.05, 4.69) is 10.3 Å². The predicted molar refractivity (Wildman–Crippen MR) is 98.3 cm³/mol. The second-order valence-electron chi connectivity index (χ2n) is 6.27. The van der Waals surface area contributed by atoms with Crippen LogP contribution in [-0.2, 0) is 11.3 Å². The van der Waals surface area contributed by atoms with Gasteiger partial charge in [0.05, 0.1) is 23.3 Å². The second kappa shape index (κ2) is 7.47. The van der Waals surface area contributed by atoms with Crippen molar-refractivity contribution in [2.24, 2.45) is 0 Å². The molecule has 2 aromatic carbocycles. The summed E-state index contributed by atoms with van der Waals surface area (Å²) in [6.07, 6.45) is 1.57. The van der Waals surface area contributed by atoms with Crippen molar-refractivity contribution in [3.63, 3.8) is 0 Å². The molecule has 1 aromatic heterocycles. The van der Waals surface area contributed by atoms with Crippen LogP contribution in [0.2, 0.25) is 0 Å². The summed E-state index contributed by atoms with van der Waals surface area (Å²) in [5.41, 5.74) is 1.86. The monoisotopic (exact) mass is 353 g/mol. The van der Waals surface area contributed by atoms with E-state index in [1.165, 1.54) is 17.0 Å². The normalized spacial score (nSPS) is 12.1. The highest BCUT2D eigenvalue weighted by Gasteiger charge is 2.13. The van der Waals surface area contributed by atoms with Crippen LogP contribution < -0.4 is 10.9 Å². The largest absolute Gasteiger partial charge is 0.349 e. The molecular weight excluding hydrogens is 333 g/mol. The van der Waals surface area contributed by atoms with Gasteiger partial charge in [0, 0.05) is 18.5 Å². The zero-order valence-corrected chi connectivity index (χ0v) is 14.7. The van der Waals surface area contributed by atoms with Crippen LogP contribution in [0.25, 0.3) is 10.9 Å². The third-order valence-corrected chi connectivity index (χ3v) is 4.38. The minimum absolute atomic E-state index is 0.109. The molecule has 0 spiro atoms. The molecule has 1 amide bonds. The fraction of sp³-hybridized carbons (Fsp3) is 0.250. The van der Waals surface area contributed by atoms with Gasteiger partial charge in [-0.3, -0.25) is 14.2 Å². The topological polar surface area (TPSA) is 64.0 Å². The Morgan fingerprint density at radius 1 is 1.23 bits per heavy atom. The Bertz CT molecular complexity index is 1010. The first kappa shape index (κ1) is 17.8. The molecule has 1 heterocycles. The van der Waals surface area contributed by atoms with Crippen molar-refractivity contribution >= 4 is 16.8 Å². The van der Waals surface area contributed by atoms with Gasteiger partial charge in [0.2, 0.25) is 5.91 Å². The summed E-state index contributed by atoms with van der Waals surface area (Å²) in [4.78, 5) is 29.0. The molecule has 1 N–H and O–H groups in total. The minimum atomic E-state index is -0.446. The zero-order valence-electron chi connectivity index (χ0n) is 14.7. The number of para-hydroxylation sites is 1. The number of hydrogen-bond donors (Lipinski definition) is 1. The van der Waals surface area contributed by atoms with Gasteiger partial charge in [-0.05, 0) is 31.5 Å². The molecule has 0 fully saturated rings. The first-order valence-electron chi connectivity index (χ1n) is 8.46. The molecule has 1 atom stereocenters. The van der Waals surface area contributed by atoms with Crippen molar-refractivity contribution in [3.8, 4) is 0 Å². The number of rotatable bonds is 5. The lowest BCUT2D eigenvalue weighted by Gasteiger charge is -2.15. The maximum Gasteiger partial charge on any atom is 0.261 e. The summed E-state index contributed by atoms with van der Waals surface area (Å²) < 4.78 is 15.2. The number of halogens is 1. The first-order chi connectivity index (χ1) is 12.5. The highest BCUT2D eigenvalue weighted by molar-refractivity contribution is 5.80. The summed E-state index contributed by atoms with van der Waals surface area (Å²) in [6.45, 7) is 3.84. The van der Waals surface area contributed by atoms with E-state index in [1.54, 1.807) is 31.2 Å². The van der Waals surface area contributed by atoms with Crippen molar-refractivity contribution in [1.82, 2.24) is 14.9 Å². The third-order valence-electron chi connectivity index (χ3n) is 4.38. The van der Waals surface area contributed by atoms with Crippen LogP contribution in [0.15, 0.2) is 53.6 Å². The SMILES string of the molecule is Cc1cccc2c(=O)n(CCC(=O)NC(C)c3ccccc3F)cnc12. The maximum absolute atomic E-state index is 13.8. The standard InChI is InChI=1S/C20H20FN3O2/c1-13-6-5-8-16-19(13)22-12-24(20(16)26)11-10-18(25)23-14(2)15-7-3-4-9-17(15)21/h3-9,12,14H,10-11H2,1-2H3,(H,23,25). The Morgan fingerprint density at radius 2 is 2.00 bits per heavy atom. The number of fused-ring (bicyclic) bond motifs is 1. The van der Waals surface area contributed by atoms with Crippen molar-refractivity contribution in [3.05, 3.63) is 76.1 Å².